The molecular formula is C12H14N4S2. The molecule has 2 aromatic rings. The van der Waals surface area contributed by atoms with Crippen LogP contribution in [0.2, 0.25) is 0 Å². The van der Waals surface area contributed by atoms with Crippen LogP contribution >= 0.6 is 23.6 Å². The van der Waals surface area contributed by atoms with Crippen LogP contribution < -0.4 is 11.1 Å². The van der Waals surface area contributed by atoms with E-state index in [2.05, 4.69) is 15.3 Å². The van der Waals surface area contributed by atoms with Crippen LogP contribution in [0, 0.1) is 6.92 Å². The van der Waals surface area contributed by atoms with Crippen molar-refractivity contribution in [1.82, 2.24) is 9.97 Å². The van der Waals surface area contributed by atoms with Crippen molar-refractivity contribution in [1.29, 1.82) is 0 Å². The van der Waals surface area contributed by atoms with Crippen molar-refractivity contribution in [2.45, 2.75) is 19.9 Å². The monoisotopic (exact) mass is 278 g/mol. The average molecular weight is 278 g/mol. The minimum absolute atomic E-state index is 0.110. The van der Waals surface area contributed by atoms with Gasteiger partial charge in [0.1, 0.15) is 15.8 Å². The lowest BCUT2D eigenvalue weighted by Crippen LogP contribution is -2.13. The third-order valence-electron chi connectivity index (χ3n) is 2.42. The summed E-state index contributed by atoms with van der Waals surface area (Å²) in [4.78, 5) is 9.07. The van der Waals surface area contributed by atoms with Crippen molar-refractivity contribution < 1.29 is 0 Å². The standard InChI is InChI=1S/C12H14N4S2/c1-7-5-9(11(13)17)6-10(15-7)16-8(2)12-14-3-4-18-12/h3-6,8H,1-2H3,(H2,13,17)(H,15,16). The number of nitrogens with two attached hydrogens (primary N) is 1. The summed E-state index contributed by atoms with van der Waals surface area (Å²) >= 11 is 6.60. The molecule has 4 nitrogen and oxygen atoms in total. The first kappa shape index (κ1) is 12.9. The van der Waals surface area contributed by atoms with E-state index >= 15 is 0 Å². The van der Waals surface area contributed by atoms with E-state index in [0.717, 1.165) is 22.1 Å². The molecule has 0 spiro atoms. The molecule has 0 fully saturated rings. The van der Waals surface area contributed by atoms with Crippen LogP contribution in [0.5, 0.6) is 0 Å². The van der Waals surface area contributed by atoms with Crippen molar-refractivity contribution in [3.63, 3.8) is 0 Å². The van der Waals surface area contributed by atoms with Crippen molar-refractivity contribution in [3.05, 3.63) is 40.0 Å². The number of aromatic nitrogens is 2. The van der Waals surface area contributed by atoms with E-state index in [4.69, 9.17) is 18.0 Å². The highest BCUT2D eigenvalue weighted by molar-refractivity contribution is 7.80. The Morgan fingerprint density at radius 3 is 2.89 bits per heavy atom. The summed E-state index contributed by atoms with van der Waals surface area (Å²) in [5, 5.41) is 6.28. The second-order valence-electron chi connectivity index (χ2n) is 3.98. The van der Waals surface area contributed by atoms with E-state index in [1.165, 1.54) is 0 Å². The Labute approximate surface area is 115 Å². The van der Waals surface area contributed by atoms with Gasteiger partial charge < -0.3 is 11.1 Å². The van der Waals surface area contributed by atoms with Crippen LogP contribution in [0.1, 0.15) is 29.2 Å². The van der Waals surface area contributed by atoms with Crippen LogP contribution in [0.25, 0.3) is 0 Å². The molecule has 6 heteroatoms. The molecule has 18 heavy (non-hydrogen) atoms. The van der Waals surface area contributed by atoms with E-state index in [9.17, 15) is 0 Å². The van der Waals surface area contributed by atoms with Crippen molar-refractivity contribution >= 4 is 34.4 Å². The number of hydrogen-bond acceptors (Lipinski definition) is 5. The van der Waals surface area contributed by atoms with E-state index in [0.29, 0.717) is 4.99 Å². The fourth-order valence-electron chi connectivity index (χ4n) is 1.62. The molecular weight excluding hydrogens is 264 g/mol. The molecule has 2 rings (SSSR count). The highest BCUT2D eigenvalue weighted by atomic mass is 32.1. The van der Waals surface area contributed by atoms with Crippen molar-refractivity contribution in [3.8, 4) is 0 Å². The molecule has 3 N–H and O–H groups in total. The minimum Gasteiger partial charge on any atom is -0.389 e. The van der Waals surface area contributed by atoms with Gasteiger partial charge in [0, 0.05) is 22.8 Å². The molecule has 0 amide bonds. The summed E-state index contributed by atoms with van der Waals surface area (Å²) in [6, 6.07) is 3.85. The molecule has 1 atom stereocenters. The number of anilines is 1. The Bertz CT molecular complexity index is 551. The Kier molecular flexibility index (Phi) is 3.88. The Hall–Kier alpha value is -1.53. The van der Waals surface area contributed by atoms with Gasteiger partial charge in [-0.15, -0.1) is 11.3 Å². The van der Waals surface area contributed by atoms with Crippen LogP contribution in [0.3, 0.4) is 0 Å². The molecule has 2 aromatic heterocycles. The van der Waals surface area contributed by atoms with Crippen LogP contribution in [-0.4, -0.2) is 15.0 Å². The first-order valence-corrected chi connectivity index (χ1v) is 6.79. The van der Waals surface area contributed by atoms with Crippen molar-refractivity contribution in [2.75, 3.05) is 5.32 Å². The number of thiocarbonyl (C=S) groups is 1. The molecule has 0 bridgehead atoms. The minimum atomic E-state index is 0.110. The van der Waals surface area contributed by atoms with Gasteiger partial charge in [0.15, 0.2) is 0 Å². The third kappa shape index (κ3) is 3.02. The summed E-state index contributed by atoms with van der Waals surface area (Å²) < 4.78 is 0. The zero-order chi connectivity index (χ0) is 13.1. The van der Waals surface area contributed by atoms with Gasteiger partial charge in [-0.2, -0.15) is 0 Å². The maximum atomic E-state index is 5.64. The first-order chi connectivity index (χ1) is 8.56. The summed E-state index contributed by atoms with van der Waals surface area (Å²) in [5.41, 5.74) is 7.35. The van der Waals surface area contributed by atoms with Crippen LogP contribution in [-0.2, 0) is 0 Å². The number of hydrogen-bond donors (Lipinski definition) is 2. The van der Waals surface area contributed by atoms with E-state index in [1.807, 2.05) is 31.4 Å². The fourth-order valence-corrected chi connectivity index (χ4v) is 2.38. The predicted molar refractivity (Wildman–Crippen MR) is 79.0 cm³/mol. The molecule has 0 aromatic carbocycles. The number of aryl methyl sites for hydroxylation is 1. The third-order valence-corrected chi connectivity index (χ3v) is 3.62. The lowest BCUT2D eigenvalue weighted by molar-refractivity contribution is 0.859. The maximum Gasteiger partial charge on any atom is 0.127 e. The van der Waals surface area contributed by atoms with Gasteiger partial charge >= 0.3 is 0 Å². The van der Waals surface area contributed by atoms with E-state index in [-0.39, 0.29) is 6.04 Å². The van der Waals surface area contributed by atoms with Gasteiger partial charge in [-0.3, -0.25) is 0 Å². The molecule has 0 saturated carbocycles. The molecule has 2 heterocycles. The highest BCUT2D eigenvalue weighted by Gasteiger charge is 2.10. The maximum absolute atomic E-state index is 5.64. The summed E-state index contributed by atoms with van der Waals surface area (Å²) in [6.07, 6.45) is 1.79. The SMILES string of the molecule is Cc1cc(C(N)=S)cc(NC(C)c2nccs2)n1. The number of thiazole rings is 1. The summed E-state index contributed by atoms with van der Waals surface area (Å²) in [6.45, 7) is 3.96. The van der Waals surface area contributed by atoms with Crippen LogP contribution in [0.4, 0.5) is 5.82 Å². The highest BCUT2D eigenvalue weighted by Crippen LogP contribution is 2.20. The Morgan fingerprint density at radius 2 is 2.28 bits per heavy atom. The second kappa shape index (κ2) is 5.41. The molecule has 1 unspecified atom stereocenters. The number of nitrogens with one attached hydrogen (secondary N) is 1. The van der Waals surface area contributed by atoms with Crippen molar-refractivity contribution in [2.24, 2.45) is 5.73 Å². The average Bonchev–Trinajstić information content (AvgIpc) is 2.81. The van der Waals surface area contributed by atoms with Gasteiger partial charge in [-0.1, -0.05) is 12.2 Å². The largest absolute Gasteiger partial charge is 0.389 e. The quantitative estimate of drug-likeness (QED) is 0.842. The number of nitrogens with zero attached hydrogens (tertiary/aromatic N) is 2. The second-order valence-corrected chi connectivity index (χ2v) is 5.35. The lowest BCUT2D eigenvalue weighted by Gasteiger charge is -2.13. The normalized spacial score (nSPS) is 12.1. The zero-order valence-electron chi connectivity index (χ0n) is 10.2. The lowest BCUT2D eigenvalue weighted by atomic mass is 10.2. The smallest absolute Gasteiger partial charge is 0.127 e. The van der Waals surface area contributed by atoms with Gasteiger partial charge in [0.25, 0.3) is 0 Å². The van der Waals surface area contributed by atoms with Gasteiger partial charge in [-0.05, 0) is 26.0 Å². The fraction of sp³-hybridized carbons (Fsp3) is 0.250. The first-order valence-electron chi connectivity index (χ1n) is 5.50. The van der Waals surface area contributed by atoms with E-state index < -0.39 is 0 Å². The zero-order valence-corrected chi connectivity index (χ0v) is 11.8. The molecule has 0 radical (unpaired) electrons. The molecule has 0 aliphatic carbocycles. The molecule has 0 aliphatic heterocycles. The topological polar surface area (TPSA) is 63.8 Å². The molecule has 0 aliphatic rings. The summed E-state index contributed by atoms with van der Waals surface area (Å²) in [7, 11) is 0. The van der Waals surface area contributed by atoms with E-state index in [1.54, 1.807) is 17.5 Å². The van der Waals surface area contributed by atoms with Gasteiger partial charge in [0.05, 0.1) is 6.04 Å². The predicted octanol–water partition coefficient (Wildman–Crippen LogP) is 2.65. The van der Waals surface area contributed by atoms with Gasteiger partial charge in [-0.25, -0.2) is 9.97 Å². The van der Waals surface area contributed by atoms with Gasteiger partial charge in [0.2, 0.25) is 0 Å². The summed E-state index contributed by atoms with van der Waals surface area (Å²) in [5.74, 6) is 0.764. The molecule has 94 valence electrons. The number of rotatable bonds is 4. The Balaban J connectivity index is 2.21. The molecule has 0 saturated heterocycles. The number of pyridine rings is 1. The van der Waals surface area contributed by atoms with Crippen LogP contribution in [0.15, 0.2) is 23.7 Å². The Morgan fingerprint density at radius 1 is 1.50 bits per heavy atom.